The van der Waals surface area contributed by atoms with Crippen LogP contribution < -0.4 is 19.5 Å². The number of ether oxygens (including phenoxy) is 3. The van der Waals surface area contributed by atoms with Gasteiger partial charge in [0, 0.05) is 18.2 Å². The number of nitrogens with one attached hydrogen (secondary N) is 1. The van der Waals surface area contributed by atoms with Gasteiger partial charge in [0.05, 0.1) is 26.9 Å². The molecule has 0 bridgehead atoms. The van der Waals surface area contributed by atoms with E-state index in [0.29, 0.717) is 5.92 Å². The zero-order valence-electron chi connectivity index (χ0n) is 13.4. The highest BCUT2D eigenvalue weighted by molar-refractivity contribution is 5.52. The molecule has 1 aromatic carbocycles. The van der Waals surface area contributed by atoms with E-state index in [1.54, 1.807) is 21.3 Å². The largest absolute Gasteiger partial charge is 0.496 e. The maximum absolute atomic E-state index is 5.54. The van der Waals surface area contributed by atoms with Gasteiger partial charge in [0.2, 0.25) is 0 Å². The van der Waals surface area contributed by atoms with Crippen LogP contribution in [0.15, 0.2) is 12.1 Å². The van der Waals surface area contributed by atoms with Crippen molar-refractivity contribution in [3.8, 4) is 17.2 Å². The van der Waals surface area contributed by atoms with Gasteiger partial charge in [-0.2, -0.15) is 0 Å². The molecule has 0 aliphatic heterocycles. The molecule has 4 heteroatoms. The van der Waals surface area contributed by atoms with E-state index in [1.165, 1.54) is 0 Å². The van der Waals surface area contributed by atoms with Crippen LogP contribution in [0.3, 0.4) is 0 Å². The average Bonchev–Trinajstić information content (AvgIpc) is 2.48. The molecule has 0 fully saturated rings. The van der Waals surface area contributed by atoms with Crippen LogP contribution in [0, 0.1) is 5.92 Å². The van der Waals surface area contributed by atoms with Crippen LogP contribution in [0.1, 0.15) is 38.3 Å². The summed E-state index contributed by atoms with van der Waals surface area (Å²) in [5.41, 5.74) is 1.05. The first kappa shape index (κ1) is 16.6. The number of hydrogen-bond donors (Lipinski definition) is 1. The Morgan fingerprint density at radius 2 is 1.60 bits per heavy atom. The molecule has 0 aliphatic carbocycles. The summed E-state index contributed by atoms with van der Waals surface area (Å²) in [5, 5.41) is 3.39. The Balaban J connectivity index is 3.31. The number of rotatable bonds is 8. The van der Waals surface area contributed by atoms with Crippen molar-refractivity contribution in [3.05, 3.63) is 17.7 Å². The molecule has 0 aromatic heterocycles. The molecule has 0 aliphatic rings. The van der Waals surface area contributed by atoms with Gasteiger partial charge < -0.3 is 19.5 Å². The monoisotopic (exact) mass is 281 g/mol. The van der Waals surface area contributed by atoms with E-state index in [1.807, 2.05) is 19.2 Å². The summed E-state index contributed by atoms with van der Waals surface area (Å²) in [5.74, 6) is 2.81. The van der Waals surface area contributed by atoms with Gasteiger partial charge in [0.15, 0.2) is 0 Å². The Labute approximate surface area is 122 Å². The summed E-state index contributed by atoms with van der Waals surface area (Å²) in [6, 6.07) is 3.99. The molecule has 2 unspecified atom stereocenters. The second-order valence-corrected chi connectivity index (χ2v) is 4.98. The molecular formula is C16H27NO3. The summed E-state index contributed by atoms with van der Waals surface area (Å²) >= 11 is 0. The van der Waals surface area contributed by atoms with Gasteiger partial charge in [-0.1, -0.05) is 20.3 Å². The van der Waals surface area contributed by atoms with Crippen LogP contribution in [0.5, 0.6) is 17.2 Å². The first-order valence-electron chi connectivity index (χ1n) is 7.10. The van der Waals surface area contributed by atoms with Crippen LogP contribution in [-0.2, 0) is 0 Å². The van der Waals surface area contributed by atoms with Crippen molar-refractivity contribution >= 4 is 0 Å². The molecule has 0 saturated carbocycles. The Kier molecular flexibility index (Phi) is 6.65. The molecule has 1 aromatic rings. The van der Waals surface area contributed by atoms with Crippen LogP contribution in [-0.4, -0.2) is 28.4 Å². The van der Waals surface area contributed by atoms with E-state index >= 15 is 0 Å². The smallest absolute Gasteiger partial charge is 0.131 e. The van der Waals surface area contributed by atoms with Crippen LogP contribution in [0.25, 0.3) is 0 Å². The van der Waals surface area contributed by atoms with E-state index < -0.39 is 0 Å². The molecule has 114 valence electrons. The first-order chi connectivity index (χ1) is 9.62. The van der Waals surface area contributed by atoms with E-state index in [9.17, 15) is 0 Å². The maximum Gasteiger partial charge on any atom is 0.131 e. The molecule has 0 spiro atoms. The van der Waals surface area contributed by atoms with Crippen molar-refractivity contribution < 1.29 is 14.2 Å². The highest BCUT2D eigenvalue weighted by Crippen LogP contribution is 2.41. The minimum atomic E-state index is 0.186. The second-order valence-electron chi connectivity index (χ2n) is 4.98. The first-order valence-corrected chi connectivity index (χ1v) is 7.10. The topological polar surface area (TPSA) is 39.7 Å². The molecule has 0 heterocycles. The summed E-state index contributed by atoms with van der Waals surface area (Å²) < 4.78 is 16.4. The van der Waals surface area contributed by atoms with Gasteiger partial charge in [-0.15, -0.1) is 0 Å². The summed E-state index contributed by atoms with van der Waals surface area (Å²) in [7, 11) is 6.97. The van der Waals surface area contributed by atoms with Gasteiger partial charge in [-0.25, -0.2) is 0 Å². The molecule has 4 nitrogen and oxygen atoms in total. The fraction of sp³-hybridized carbons (Fsp3) is 0.625. The lowest BCUT2D eigenvalue weighted by atomic mass is 9.90. The molecule has 2 atom stereocenters. The van der Waals surface area contributed by atoms with Crippen LogP contribution in [0.4, 0.5) is 0 Å². The summed E-state index contributed by atoms with van der Waals surface area (Å²) in [6.07, 6.45) is 2.30. The van der Waals surface area contributed by atoms with Crippen molar-refractivity contribution in [1.29, 1.82) is 0 Å². The lowest BCUT2D eigenvalue weighted by molar-refractivity contribution is 0.328. The van der Waals surface area contributed by atoms with Gasteiger partial charge in [-0.05, 0) is 19.4 Å². The lowest BCUT2D eigenvalue weighted by Crippen LogP contribution is -2.24. The normalized spacial score (nSPS) is 13.7. The fourth-order valence-corrected chi connectivity index (χ4v) is 2.67. The SMILES string of the molecule is CCCC(C)C(NC)c1c(OC)cc(OC)cc1OC. The predicted molar refractivity (Wildman–Crippen MR) is 82.0 cm³/mol. The zero-order valence-corrected chi connectivity index (χ0v) is 13.4. The molecular weight excluding hydrogens is 254 g/mol. The highest BCUT2D eigenvalue weighted by Gasteiger charge is 2.25. The van der Waals surface area contributed by atoms with Gasteiger partial charge >= 0.3 is 0 Å². The lowest BCUT2D eigenvalue weighted by Gasteiger charge is -2.27. The molecule has 20 heavy (non-hydrogen) atoms. The van der Waals surface area contributed by atoms with Crippen molar-refractivity contribution in [3.63, 3.8) is 0 Å². The minimum absolute atomic E-state index is 0.186. The van der Waals surface area contributed by atoms with Crippen molar-refractivity contribution in [2.45, 2.75) is 32.7 Å². The van der Waals surface area contributed by atoms with E-state index in [4.69, 9.17) is 14.2 Å². The molecule has 0 amide bonds. The van der Waals surface area contributed by atoms with E-state index in [2.05, 4.69) is 19.2 Å². The van der Waals surface area contributed by atoms with Crippen LogP contribution in [0.2, 0.25) is 0 Å². The maximum atomic E-state index is 5.54. The van der Waals surface area contributed by atoms with Gasteiger partial charge in [0.1, 0.15) is 17.2 Å². The predicted octanol–water partition coefficient (Wildman–Crippen LogP) is 3.41. The molecule has 1 rings (SSSR count). The van der Waals surface area contributed by atoms with Gasteiger partial charge in [0.25, 0.3) is 0 Å². The fourth-order valence-electron chi connectivity index (χ4n) is 2.67. The van der Waals surface area contributed by atoms with Gasteiger partial charge in [-0.3, -0.25) is 0 Å². The summed E-state index contributed by atoms with van der Waals surface area (Å²) in [4.78, 5) is 0. The summed E-state index contributed by atoms with van der Waals surface area (Å²) in [6.45, 7) is 4.44. The minimum Gasteiger partial charge on any atom is -0.496 e. The third kappa shape index (κ3) is 3.57. The molecule has 0 saturated heterocycles. The molecule has 0 radical (unpaired) electrons. The quantitative estimate of drug-likeness (QED) is 0.792. The number of benzene rings is 1. The third-order valence-corrected chi connectivity index (χ3v) is 3.69. The van der Waals surface area contributed by atoms with Crippen LogP contribution >= 0.6 is 0 Å². The zero-order chi connectivity index (χ0) is 15.1. The van der Waals surface area contributed by atoms with Crippen molar-refractivity contribution in [2.75, 3.05) is 28.4 Å². The Hall–Kier alpha value is -1.42. The van der Waals surface area contributed by atoms with E-state index in [-0.39, 0.29) is 6.04 Å². The van der Waals surface area contributed by atoms with Crippen molar-refractivity contribution in [1.82, 2.24) is 5.32 Å². The number of methoxy groups -OCH3 is 3. The molecule has 1 N–H and O–H groups in total. The van der Waals surface area contributed by atoms with Crippen molar-refractivity contribution in [2.24, 2.45) is 5.92 Å². The Morgan fingerprint density at radius 1 is 1.05 bits per heavy atom. The second kappa shape index (κ2) is 8.00. The van der Waals surface area contributed by atoms with E-state index in [0.717, 1.165) is 35.7 Å². The average molecular weight is 281 g/mol. The third-order valence-electron chi connectivity index (χ3n) is 3.69. The highest BCUT2D eigenvalue weighted by atomic mass is 16.5. The number of hydrogen-bond acceptors (Lipinski definition) is 4. The Bertz CT molecular complexity index is 395. The standard InChI is InChI=1S/C16H27NO3/c1-7-8-11(2)16(17-3)15-13(19-5)9-12(18-4)10-14(15)20-6/h9-11,16-17H,7-8H2,1-6H3. The Morgan fingerprint density at radius 3 is 1.95 bits per heavy atom.